The second kappa shape index (κ2) is 6.26. The van der Waals surface area contributed by atoms with Gasteiger partial charge in [-0.3, -0.25) is 0 Å². The number of hydrogen-bond acceptors (Lipinski definition) is 3. The molecule has 0 aliphatic carbocycles. The molecule has 0 aliphatic heterocycles. The molecule has 0 amide bonds. The quantitative estimate of drug-likeness (QED) is 0.772. The zero-order valence-corrected chi connectivity index (χ0v) is 12.0. The second-order valence-corrected chi connectivity index (χ2v) is 4.69. The third-order valence-corrected chi connectivity index (χ3v) is 3.21. The fourth-order valence-electron chi connectivity index (χ4n) is 2.19. The fourth-order valence-corrected chi connectivity index (χ4v) is 2.19. The lowest BCUT2D eigenvalue weighted by atomic mass is 10.1. The summed E-state index contributed by atoms with van der Waals surface area (Å²) in [4.78, 5) is 4.29. The Hall–Kier alpha value is -2.88. The average Bonchev–Trinajstić information content (AvgIpc) is 2.56. The predicted molar refractivity (Wildman–Crippen MR) is 84.7 cm³/mol. The molecule has 4 heteroatoms. The lowest BCUT2D eigenvalue weighted by Crippen LogP contribution is -1.94. The van der Waals surface area contributed by atoms with E-state index in [1.165, 1.54) is 19.2 Å². The van der Waals surface area contributed by atoms with E-state index in [0.29, 0.717) is 11.6 Å². The van der Waals surface area contributed by atoms with E-state index in [1.54, 1.807) is 12.3 Å². The smallest absolute Gasteiger partial charge is 0.130 e. The van der Waals surface area contributed by atoms with Crippen LogP contribution >= 0.6 is 0 Å². The van der Waals surface area contributed by atoms with Gasteiger partial charge in [-0.05, 0) is 48.0 Å². The average molecular weight is 293 g/mol. The number of ether oxygens (including phenoxy) is 1. The molecule has 3 nitrogen and oxygen atoms in total. The number of halogens is 1. The van der Waals surface area contributed by atoms with E-state index in [1.807, 2.05) is 36.4 Å². The van der Waals surface area contributed by atoms with Crippen LogP contribution in [0.15, 0.2) is 60.8 Å². The van der Waals surface area contributed by atoms with Crippen molar-refractivity contribution in [3.05, 3.63) is 72.7 Å². The number of benzene rings is 2. The summed E-state index contributed by atoms with van der Waals surface area (Å²) < 4.78 is 18.6. The molecule has 0 saturated heterocycles. The summed E-state index contributed by atoms with van der Waals surface area (Å²) in [6.07, 6.45) is 1.70. The SMILES string of the molecule is COc1cc(F)ccc1-c1ccnc(Nc2c[c]ccc2)c1. The number of hydrogen-bond donors (Lipinski definition) is 1. The first-order chi connectivity index (χ1) is 10.8. The van der Waals surface area contributed by atoms with Crippen molar-refractivity contribution >= 4 is 11.5 Å². The number of anilines is 2. The van der Waals surface area contributed by atoms with Gasteiger partial charge in [0, 0.05) is 23.5 Å². The van der Waals surface area contributed by atoms with E-state index in [9.17, 15) is 4.39 Å². The van der Waals surface area contributed by atoms with Crippen LogP contribution in [0.3, 0.4) is 0 Å². The van der Waals surface area contributed by atoms with Crippen molar-refractivity contribution < 1.29 is 9.13 Å². The maximum Gasteiger partial charge on any atom is 0.130 e. The molecule has 22 heavy (non-hydrogen) atoms. The largest absolute Gasteiger partial charge is 0.496 e. The fraction of sp³-hybridized carbons (Fsp3) is 0.0556. The number of nitrogens with zero attached hydrogens (tertiary/aromatic N) is 1. The summed E-state index contributed by atoms with van der Waals surface area (Å²) in [5.41, 5.74) is 2.61. The Bertz CT molecular complexity index is 775. The monoisotopic (exact) mass is 293 g/mol. The topological polar surface area (TPSA) is 34.1 Å². The molecule has 0 bridgehead atoms. The highest BCUT2D eigenvalue weighted by Crippen LogP contribution is 2.31. The molecular weight excluding hydrogens is 279 g/mol. The highest BCUT2D eigenvalue weighted by atomic mass is 19.1. The molecule has 1 radical (unpaired) electrons. The first-order valence-electron chi connectivity index (χ1n) is 6.79. The molecule has 1 N–H and O–H groups in total. The van der Waals surface area contributed by atoms with E-state index in [0.717, 1.165) is 16.8 Å². The van der Waals surface area contributed by atoms with Gasteiger partial charge in [-0.15, -0.1) is 0 Å². The summed E-state index contributed by atoms with van der Waals surface area (Å²) in [7, 11) is 1.53. The Labute approximate surface area is 128 Å². The minimum atomic E-state index is -0.326. The maximum absolute atomic E-state index is 13.3. The molecule has 2 aromatic carbocycles. The minimum Gasteiger partial charge on any atom is -0.496 e. The number of pyridine rings is 1. The molecule has 1 aromatic heterocycles. The highest BCUT2D eigenvalue weighted by molar-refractivity contribution is 5.73. The van der Waals surface area contributed by atoms with Crippen LogP contribution in [0.1, 0.15) is 0 Å². The second-order valence-electron chi connectivity index (χ2n) is 4.69. The molecule has 0 atom stereocenters. The number of methoxy groups -OCH3 is 1. The molecule has 3 aromatic rings. The van der Waals surface area contributed by atoms with E-state index >= 15 is 0 Å². The van der Waals surface area contributed by atoms with Crippen molar-refractivity contribution in [2.75, 3.05) is 12.4 Å². The van der Waals surface area contributed by atoms with Crippen molar-refractivity contribution in [1.29, 1.82) is 0 Å². The van der Waals surface area contributed by atoms with Crippen LogP contribution in [0.4, 0.5) is 15.9 Å². The van der Waals surface area contributed by atoms with Crippen molar-refractivity contribution in [2.45, 2.75) is 0 Å². The zero-order chi connectivity index (χ0) is 15.4. The molecule has 0 fully saturated rings. The van der Waals surface area contributed by atoms with Gasteiger partial charge in [0.05, 0.1) is 7.11 Å². The van der Waals surface area contributed by atoms with Crippen LogP contribution in [0.25, 0.3) is 11.1 Å². The minimum absolute atomic E-state index is 0.326. The third-order valence-electron chi connectivity index (χ3n) is 3.21. The van der Waals surface area contributed by atoms with E-state index in [-0.39, 0.29) is 5.82 Å². The van der Waals surface area contributed by atoms with E-state index < -0.39 is 0 Å². The third kappa shape index (κ3) is 3.06. The Morgan fingerprint density at radius 1 is 1.18 bits per heavy atom. The Balaban J connectivity index is 1.94. The summed E-state index contributed by atoms with van der Waals surface area (Å²) >= 11 is 0. The van der Waals surface area contributed by atoms with Gasteiger partial charge in [0.1, 0.15) is 17.4 Å². The normalized spacial score (nSPS) is 10.3. The Morgan fingerprint density at radius 2 is 2.09 bits per heavy atom. The van der Waals surface area contributed by atoms with Gasteiger partial charge in [-0.2, -0.15) is 0 Å². The number of rotatable bonds is 4. The van der Waals surface area contributed by atoms with E-state index in [2.05, 4.69) is 16.4 Å². The number of nitrogens with one attached hydrogen (secondary N) is 1. The van der Waals surface area contributed by atoms with Crippen LogP contribution in [0.5, 0.6) is 5.75 Å². The molecule has 0 unspecified atom stereocenters. The van der Waals surface area contributed by atoms with Gasteiger partial charge in [0.25, 0.3) is 0 Å². The van der Waals surface area contributed by atoms with Crippen LogP contribution < -0.4 is 10.1 Å². The van der Waals surface area contributed by atoms with Crippen LogP contribution in [0, 0.1) is 11.9 Å². The first kappa shape index (κ1) is 14.1. The van der Waals surface area contributed by atoms with Gasteiger partial charge in [0.2, 0.25) is 0 Å². The summed E-state index contributed by atoms with van der Waals surface area (Å²) in [6.45, 7) is 0. The van der Waals surface area contributed by atoms with Crippen molar-refractivity contribution in [3.63, 3.8) is 0 Å². The van der Waals surface area contributed by atoms with Gasteiger partial charge in [-0.1, -0.05) is 12.1 Å². The van der Waals surface area contributed by atoms with Crippen molar-refractivity contribution in [2.24, 2.45) is 0 Å². The van der Waals surface area contributed by atoms with Crippen LogP contribution in [-0.2, 0) is 0 Å². The lowest BCUT2D eigenvalue weighted by Gasteiger charge is -2.11. The summed E-state index contributed by atoms with van der Waals surface area (Å²) in [5.74, 6) is 0.862. The van der Waals surface area contributed by atoms with E-state index in [4.69, 9.17) is 4.74 Å². The lowest BCUT2D eigenvalue weighted by molar-refractivity contribution is 0.413. The molecular formula is C18H14FN2O. The standard InChI is InChI=1S/C18H14FN2O/c1-22-17-12-14(19)7-8-16(17)13-9-10-20-18(11-13)21-15-5-3-2-4-6-15/h2-3,5-12H,1H3,(H,20,21). The maximum atomic E-state index is 13.3. The Morgan fingerprint density at radius 3 is 2.86 bits per heavy atom. The first-order valence-corrected chi connectivity index (χ1v) is 6.79. The molecule has 109 valence electrons. The summed E-state index contributed by atoms with van der Waals surface area (Å²) in [6, 6.07) is 18.7. The van der Waals surface area contributed by atoms with Gasteiger partial charge >= 0.3 is 0 Å². The van der Waals surface area contributed by atoms with Gasteiger partial charge < -0.3 is 10.1 Å². The Kier molecular flexibility index (Phi) is 4.01. The van der Waals surface area contributed by atoms with Crippen molar-refractivity contribution in [1.82, 2.24) is 4.98 Å². The number of aromatic nitrogens is 1. The molecule has 1 heterocycles. The van der Waals surface area contributed by atoms with Gasteiger partial charge in [-0.25, -0.2) is 9.37 Å². The molecule has 0 saturated carbocycles. The highest BCUT2D eigenvalue weighted by Gasteiger charge is 2.08. The van der Waals surface area contributed by atoms with Crippen LogP contribution in [-0.4, -0.2) is 12.1 Å². The van der Waals surface area contributed by atoms with Crippen molar-refractivity contribution in [3.8, 4) is 16.9 Å². The predicted octanol–water partition coefficient (Wildman–Crippen LogP) is 4.44. The summed E-state index contributed by atoms with van der Waals surface area (Å²) in [5, 5.41) is 3.21. The molecule has 0 spiro atoms. The van der Waals surface area contributed by atoms with Gasteiger partial charge in [0.15, 0.2) is 0 Å². The molecule has 3 rings (SSSR count). The zero-order valence-electron chi connectivity index (χ0n) is 12.0. The molecule has 0 aliphatic rings. The van der Waals surface area contributed by atoms with Crippen LogP contribution in [0.2, 0.25) is 0 Å².